The zero-order chi connectivity index (χ0) is 30.7. The lowest BCUT2D eigenvalue weighted by Gasteiger charge is -2.19. The van der Waals surface area contributed by atoms with Crippen LogP contribution in [-0.4, -0.2) is 27.6 Å². The third kappa shape index (κ3) is 4.86. The van der Waals surface area contributed by atoms with Gasteiger partial charge < -0.3 is 10.6 Å². The number of carbonyl (C=O) groups excluding carboxylic acids is 2. The van der Waals surface area contributed by atoms with Gasteiger partial charge in [-0.15, -0.1) is 0 Å². The number of nitrogens with zero attached hydrogens (tertiary/aromatic N) is 2. The summed E-state index contributed by atoms with van der Waals surface area (Å²) in [4.78, 5) is 39.2. The van der Waals surface area contributed by atoms with Crippen LogP contribution in [0.5, 0.6) is 0 Å². The summed E-state index contributed by atoms with van der Waals surface area (Å²) >= 11 is 6.22. The fraction of sp³-hybridized carbons (Fsp3) is 0.192. The smallest absolute Gasteiger partial charge is 0.341 e. The van der Waals surface area contributed by atoms with Crippen molar-refractivity contribution in [3.8, 4) is 0 Å². The van der Waals surface area contributed by atoms with E-state index in [9.17, 15) is 49.5 Å². The minimum atomic E-state index is -5.02. The Kier molecular flexibility index (Phi) is 7.25. The van der Waals surface area contributed by atoms with Crippen LogP contribution < -0.4 is 16.3 Å². The molecule has 0 bridgehead atoms. The van der Waals surface area contributed by atoms with Crippen LogP contribution in [0.25, 0.3) is 11.0 Å². The first-order valence-electron chi connectivity index (χ1n) is 11.8. The average molecular weight is 619 g/mol. The minimum Gasteiger partial charge on any atom is -0.341 e. The number of aromatic nitrogens is 2. The molecular formula is C26H15ClF8N4O3. The van der Waals surface area contributed by atoms with Crippen molar-refractivity contribution in [1.82, 2.24) is 14.5 Å². The van der Waals surface area contributed by atoms with E-state index in [1.807, 2.05) is 0 Å². The molecule has 1 aliphatic heterocycles. The van der Waals surface area contributed by atoms with E-state index >= 15 is 0 Å². The molecule has 16 heteroatoms. The van der Waals surface area contributed by atoms with Gasteiger partial charge in [-0.2, -0.15) is 22.0 Å². The van der Waals surface area contributed by atoms with Crippen molar-refractivity contribution in [2.45, 2.75) is 25.3 Å². The predicted octanol–water partition coefficient (Wildman–Crippen LogP) is 6.20. The van der Waals surface area contributed by atoms with Crippen molar-refractivity contribution in [1.29, 1.82) is 0 Å². The molecule has 1 unspecified atom stereocenters. The number of fused-ring (bicyclic) bond motifs is 3. The highest BCUT2D eigenvalue weighted by atomic mass is 35.5. The average Bonchev–Trinajstić information content (AvgIpc) is 3.39. The van der Waals surface area contributed by atoms with Crippen LogP contribution in [0.4, 0.5) is 40.8 Å². The van der Waals surface area contributed by atoms with Crippen molar-refractivity contribution in [3.63, 3.8) is 0 Å². The van der Waals surface area contributed by atoms with Gasteiger partial charge in [0.25, 0.3) is 11.8 Å². The van der Waals surface area contributed by atoms with Gasteiger partial charge in [-0.3, -0.25) is 14.2 Å². The third-order valence-electron chi connectivity index (χ3n) is 6.59. The second-order valence-electron chi connectivity index (χ2n) is 9.10. The largest absolute Gasteiger partial charge is 0.416 e. The van der Waals surface area contributed by atoms with Gasteiger partial charge in [-0.1, -0.05) is 11.6 Å². The predicted molar refractivity (Wildman–Crippen MR) is 134 cm³/mol. The molecule has 2 heterocycles. The highest BCUT2D eigenvalue weighted by Gasteiger charge is 2.39. The Balaban J connectivity index is 1.80. The molecule has 1 aliphatic rings. The van der Waals surface area contributed by atoms with Crippen LogP contribution in [0.2, 0.25) is 5.02 Å². The molecule has 1 aromatic heterocycles. The Morgan fingerprint density at radius 3 is 2.40 bits per heavy atom. The van der Waals surface area contributed by atoms with Crippen molar-refractivity contribution in [2.75, 3.05) is 12.0 Å². The number of hydrogen-bond acceptors (Lipinski definition) is 3. The minimum absolute atomic E-state index is 0.0627. The lowest BCUT2D eigenvalue weighted by molar-refractivity contribution is -0.137. The van der Waals surface area contributed by atoms with Crippen LogP contribution in [0.1, 0.15) is 50.0 Å². The number of alkyl halides is 6. The number of carbonyl (C=O) groups is 2. The van der Waals surface area contributed by atoms with Gasteiger partial charge >= 0.3 is 18.4 Å². The van der Waals surface area contributed by atoms with Crippen LogP contribution in [-0.2, 0) is 12.7 Å². The summed E-state index contributed by atoms with van der Waals surface area (Å²) in [6.07, 6.45) is -5.02. The van der Waals surface area contributed by atoms with Gasteiger partial charge in [-0.05, 0) is 42.5 Å². The molecule has 220 valence electrons. The summed E-state index contributed by atoms with van der Waals surface area (Å²) in [7, 11) is 0. The number of hydrogen-bond donors (Lipinski definition) is 2. The Morgan fingerprint density at radius 2 is 1.76 bits per heavy atom. The van der Waals surface area contributed by atoms with Gasteiger partial charge in [0.15, 0.2) is 0 Å². The maximum absolute atomic E-state index is 14.2. The molecule has 5 rings (SSSR count). The fourth-order valence-corrected chi connectivity index (χ4v) is 5.12. The molecule has 3 aromatic carbocycles. The highest BCUT2D eigenvalue weighted by molar-refractivity contribution is 6.31. The van der Waals surface area contributed by atoms with E-state index in [0.717, 1.165) is 24.3 Å². The molecule has 0 spiro atoms. The Hall–Kier alpha value is -4.40. The normalized spacial score (nSPS) is 14.9. The lowest BCUT2D eigenvalue weighted by atomic mass is 9.95. The molecule has 0 saturated heterocycles. The standard InChI is InChI=1S/C26H15ClF8N4O3/c27-15-2-1-12(29)8-14(15)20-18-16(36-22(40)10-5-11(26(33,34)35)7-13(30)6-10)9-17-21(19(18)23(41)37-20)39(24(31)32)25(42)38(17)4-3-28/h1-2,5-9,20,24H,3-4H2,(H,36,40)(H,37,41). The summed E-state index contributed by atoms with van der Waals surface area (Å²) in [6.45, 7) is -5.44. The van der Waals surface area contributed by atoms with Gasteiger partial charge in [0, 0.05) is 27.4 Å². The lowest BCUT2D eigenvalue weighted by Crippen LogP contribution is -2.26. The van der Waals surface area contributed by atoms with Crippen LogP contribution in [0.3, 0.4) is 0 Å². The first-order valence-corrected chi connectivity index (χ1v) is 12.2. The number of aryl methyl sites for hydroxylation is 1. The summed E-state index contributed by atoms with van der Waals surface area (Å²) in [5.74, 6) is -4.60. The van der Waals surface area contributed by atoms with E-state index < -0.39 is 94.5 Å². The molecule has 2 N–H and O–H groups in total. The van der Waals surface area contributed by atoms with E-state index in [0.29, 0.717) is 16.7 Å². The molecule has 0 fully saturated rings. The molecule has 4 aromatic rings. The van der Waals surface area contributed by atoms with Gasteiger partial charge in [0.1, 0.15) is 18.3 Å². The quantitative estimate of drug-likeness (QED) is 0.252. The maximum Gasteiger partial charge on any atom is 0.416 e. The molecule has 2 amide bonds. The van der Waals surface area contributed by atoms with E-state index in [1.54, 1.807) is 0 Å². The molecule has 0 radical (unpaired) electrons. The highest BCUT2D eigenvalue weighted by Crippen LogP contribution is 2.43. The van der Waals surface area contributed by atoms with Crippen molar-refractivity contribution >= 4 is 40.1 Å². The summed E-state index contributed by atoms with van der Waals surface area (Å²) in [5.41, 5.74) is -6.16. The van der Waals surface area contributed by atoms with Crippen molar-refractivity contribution in [2.24, 2.45) is 0 Å². The molecule has 0 saturated carbocycles. The number of rotatable bonds is 6. The second-order valence-corrected chi connectivity index (χ2v) is 9.51. The first-order chi connectivity index (χ1) is 19.7. The topological polar surface area (TPSA) is 85.1 Å². The van der Waals surface area contributed by atoms with Crippen molar-refractivity contribution < 1.29 is 44.7 Å². The zero-order valence-corrected chi connectivity index (χ0v) is 21.4. The van der Waals surface area contributed by atoms with Crippen LogP contribution in [0.15, 0.2) is 47.3 Å². The number of amides is 2. The Labute approximate surface area is 234 Å². The number of nitrogens with one attached hydrogen (secondary N) is 2. The van der Waals surface area contributed by atoms with Crippen LogP contribution in [0, 0.1) is 11.6 Å². The Morgan fingerprint density at radius 1 is 1.05 bits per heavy atom. The number of halogens is 9. The molecular weight excluding hydrogens is 604 g/mol. The Bertz CT molecular complexity index is 1830. The third-order valence-corrected chi connectivity index (χ3v) is 6.93. The molecule has 0 aliphatic carbocycles. The summed E-state index contributed by atoms with van der Waals surface area (Å²) < 4.78 is 110. The van der Waals surface area contributed by atoms with Gasteiger partial charge in [-0.25, -0.2) is 22.5 Å². The second kappa shape index (κ2) is 10.5. The summed E-state index contributed by atoms with van der Waals surface area (Å²) in [6, 6.07) is 3.57. The fourth-order valence-electron chi connectivity index (χ4n) is 4.89. The van der Waals surface area contributed by atoms with Gasteiger partial charge in [0.2, 0.25) is 0 Å². The van der Waals surface area contributed by atoms with Gasteiger partial charge in [0.05, 0.1) is 34.7 Å². The molecule has 7 nitrogen and oxygen atoms in total. The van der Waals surface area contributed by atoms with Crippen molar-refractivity contribution in [3.05, 3.63) is 97.4 Å². The summed E-state index contributed by atoms with van der Waals surface area (Å²) in [5, 5.41) is 4.55. The SMILES string of the molecule is O=C(Nc1cc2c(c3c1C(c1cc(F)ccc1Cl)NC3=O)n(C(F)F)c(=O)n2CCF)c1cc(F)cc(C(F)(F)F)c1. The van der Waals surface area contributed by atoms with Crippen LogP contribution >= 0.6 is 11.6 Å². The molecule has 42 heavy (non-hydrogen) atoms. The monoisotopic (exact) mass is 618 g/mol. The van der Waals surface area contributed by atoms with E-state index in [2.05, 4.69) is 10.6 Å². The number of anilines is 1. The van der Waals surface area contributed by atoms with E-state index in [-0.39, 0.29) is 26.8 Å². The molecule has 1 atom stereocenters. The van der Waals surface area contributed by atoms with E-state index in [4.69, 9.17) is 11.6 Å². The number of imidazole rings is 1. The first kappa shape index (κ1) is 29.1. The maximum atomic E-state index is 14.2. The number of benzene rings is 3. The van der Waals surface area contributed by atoms with E-state index in [1.165, 1.54) is 0 Å². The zero-order valence-electron chi connectivity index (χ0n) is 20.6.